The molecule has 7 nitrogen and oxygen atoms in total. The Morgan fingerprint density at radius 1 is 1.12 bits per heavy atom. The van der Waals surface area contributed by atoms with Crippen LogP contribution < -0.4 is 5.46 Å². The number of aryl methyl sites for hydroxylation is 1. The fourth-order valence-corrected chi connectivity index (χ4v) is 4.19. The molecule has 1 aromatic rings. The van der Waals surface area contributed by atoms with Crippen molar-refractivity contribution in [3.63, 3.8) is 0 Å². The van der Waals surface area contributed by atoms with Gasteiger partial charge in [-0.25, -0.2) is 9.18 Å². The van der Waals surface area contributed by atoms with Crippen molar-refractivity contribution in [3.05, 3.63) is 29.1 Å². The van der Waals surface area contributed by atoms with Gasteiger partial charge in [-0.2, -0.15) is 0 Å². The van der Waals surface area contributed by atoms with Crippen molar-refractivity contribution >= 4 is 24.6 Å². The molecule has 2 fully saturated rings. The van der Waals surface area contributed by atoms with Crippen LogP contribution in [0.4, 0.5) is 9.18 Å². The summed E-state index contributed by atoms with van der Waals surface area (Å²) in [7, 11) is 1.02. The number of carbonyl (C=O) groups is 2. The first-order valence-corrected chi connectivity index (χ1v) is 11.9. The average molecular weight is 476 g/mol. The van der Waals surface area contributed by atoms with E-state index in [0.29, 0.717) is 31.4 Å². The van der Waals surface area contributed by atoms with Crippen molar-refractivity contribution in [2.75, 3.05) is 20.1 Å². The third-order valence-electron chi connectivity index (χ3n) is 7.07. The molecule has 0 aliphatic carbocycles. The Morgan fingerprint density at radius 2 is 1.65 bits per heavy atom. The maximum Gasteiger partial charge on any atom is 0.495 e. The molecule has 1 aromatic carbocycles. The van der Waals surface area contributed by atoms with Crippen molar-refractivity contribution in [1.82, 2.24) is 9.80 Å². The number of halogens is 1. The van der Waals surface area contributed by atoms with Gasteiger partial charge < -0.3 is 23.8 Å². The van der Waals surface area contributed by atoms with Crippen LogP contribution in [-0.2, 0) is 14.0 Å². The molecule has 0 atom stereocenters. The van der Waals surface area contributed by atoms with Crippen LogP contribution in [0.25, 0.3) is 0 Å². The molecule has 2 amide bonds. The third kappa shape index (κ3) is 5.41. The normalized spacial score (nSPS) is 20.4. The lowest BCUT2D eigenvalue weighted by Crippen LogP contribution is -2.48. The SMILES string of the molecule is Cc1cc(C(=O)N2CCC(N(C)C(=O)OC(C)(C)C)CC2)c(F)cc1B1OC(C)(C)C(C)(C)O1. The third-order valence-corrected chi connectivity index (χ3v) is 7.07. The molecule has 34 heavy (non-hydrogen) atoms. The van der Waals surface area contributed by atoms with Crippen LogP contribution in [0.3, 0.4) is 0 Å². The molecule has 3 rings (SSSR count). The molecule has 9 heteroatoms. The summed E-state index contributed by atoms with van der Waals surface area (Å²) in [5.74, 6) is -0.937. The summed E-state index contributed by atoms with van der Waals surface area (Å²) in [5, 5.41) is 0. The second kappa shape index (κ2) is 9.15. The highest BCUT2D eigenvalue weighted by Gasteiger charge is 2.52. The van der Waals surface area contributed by atoms with Crippen LogP contribution in [0.2, 0.25) is 0 Å². The van der Waals surface area contributed by atoms with Gasteiger partial charge in [-0.15, -0.1) is 0 Å². The molecule has 0 unspecified atom stereocenters. The first-order chi connectivity index (χ1) is 15.5. The highest BCUT2D eigenvalue weighted by molar-refractivity contribution is 6.62. The summed E-state index contributed by atoms with van der Waals surface area (Å²) in [6, 6.07) is 2.90. The number of carbonyl (C=O) groups excluding carboxylic acids is 2. The van der Waals surface area contributed by atoms with E-state index >= 15 is 4.39 Å². The average Bonchev–Trinajstić information content (AvgIpc) is 2.94. The fourth-order valence-electron chi connectivity index (χ4n) is 4.19. The zero-order valence-corrected chi connectivity index (χ0v) is 22.0. The van der Waals surface area contributed by atoms with Gasteiger partial charge >= 0.3 is 13.2 Å². The highest BCUT2D eigenvalue weighted by Crippen LogP contribution is 2.37. The van der Waals surface area contributed by atoms with E-state index in [-0.39, 0.29) is 23.6 Å². The van der Waals surface area contributed by atoms with Crippen LogP contribution in [0.15, 0.2) is 12.1 Å². The molecule has 0 spiro atoms. The minimum Gasteiger partial charge on any atom is -0.444 e. The number of hydrogen-bond acceptors (Lipinski definition) is 5. The van der Waals surface area contributed by atoms with E-state index in [1.54, 1.807) is 22.9 Å². The van der Waals surface area contributed by atoms with Gasteiger partial charge in [-0.3, -0.25) is 4.79 Å². The molecule has 188 valence electrons. The maximum atomic E-state index is 15.1. The fraction of sp³-hybridized carbons (Fsp3) is 0.680. The number of likely N-dealkylation sites (tertiary alicyclic amines) is 1. The van der Waals surface area contributed by atoms with E-state index in [0.717, 1.165) is 5.56 Å². The van der Waals surface area contributed by atoms with Gasteiger partial charge in [0, 0.05) is 26.2 Å². The Balaban J connectivity index is 1.67. The molecule has 2 heterocycles. The smallest absolute Gasteiger partial charge is 0.444 e. The van der Waals surface area contributed by atoms with Crippen molar-refractivity contribution in [2.45, 2.75) is 91.1 Å². The second-order valence-electron chi connectivity index (χ2n) is 11.4. The molecular formula is C25H38BFN2O5. The number of nitrogens with zero attached hydrogens (tertiary/aromatic N) is 2. The van der Waals surface area contributed by atoms with Crippen molar-refractivity contribution in [2.24, 2.45) is 0 Å². The molecule has 0 aromatic heterocycles. The van der Waals surface area contributed by atoms with Crippen LogP contribution in [0.5, 0.6) is 0 Å². The van der Waals surface area contributed by atoms with E-state index in [1.165, 1.54) is 6.07 Å². The van der Waals surface area contributed by atoms with Gasteiger partial charge in [-0.05, 0) is 85.8 Å². The molecular weight excluding hydrogens is 438 g/mol. The Labute approximate surface area is 203 Å². The number of piperidine rings is 1. The molecule has 0 N–H and O–H groups in total. The lowest BCUT2D eigenvalue weighted by Gasteiger charge is -2.37. The van der Waals surface area contributed by atoms with E-state index in [9.17, 15) is 9.59 Å². The predicted octanol–water partition coefficient (Wildman–Crippen LogP) is 3.90. The molecule has 0 saturated carbocycles. The van der Waals surface area contributed by atoms with E-state index < -0.39 is 29.7 Å². The van der Waals surface area contributed by atoms with Crippen LogP contribution in [0, 0.1) is 12.7 Å². The summed E-state index contributed by atoms with van der Waals surface area (Å²) in [5.41, 5.74) is -0.272. The number of hydrogen-bond donors (Lipinski definition) is 0. The predicted molar refractivity (Wildman–Crippen MR) is 130 cm³/mol. The van der Waals surface area contributed by atoms with Gasteiger partial charge in [0.2, 0.25) is 0 Å². The topological polar surface area (TPSA) is 68.3 Å². The number of rotatable bonds is 3. The summed E-state index contributed by atoms with van der Waals surface area (Å²) in [6.07, 6.45) is 0.833. The van der Waals surface area contributed by atoms with Crippen molar-refractivity contribution in [1.29, 1.82) is 0 Å². The van der Waals surface area contributed by atoms with Gasteiger partial charge in [0.1, 0.15) is 11.4 Å². The number of amides is 2. The zero-order chi connectivity index (χ0) is 25.6. The van der Waals surface area contributed by atoms with Gasteiger partial charge in [0.05, 0.1) is 16.8 Å². The molecule has 2 saturated heterocycles. The molecule has 2 aliphatic heterocycles. The Morgan fingerprint density at radius 3 is 2.15 bits per heavy atom. The lowest BCUT2D eigenvalue weighted by atomic mass is 9.75. The van der Waals surface area contributed by atoms with Gasteiger partial charge in [0.25, 0.3) is 5.91 Å². The van der Waals surface area contributed by atoms with Gasteiger partial charge in [0.15, 0.2) is 0 Å². The van der Waals surface area contributed by atoms with Crippen LogP contribution >= 0.6 is 0 Å². The number of ether oxygens (including phenoxy) is 1. The molecule has 0 radical (unpaired) electrons. The Kier molecular flexibility index (Phi) is 7.13. The standard InChI is InChI=1S/C25H38BFN2O5/c1-16-14-18(20(27)15-19(16)26-33-24(5,6)25(7,8)34-26)21(30)29-12-10-17(11-13-29)28(9)22(31)32-23(2,3)4/h14-15,17H,10-13H2,1-9H3. The summed E-state index contributed by atoms with van der Waals surface area (Å²) < 4.78 is 32.7. The van der Waals surface area contributed by atoms with E-state index in [1.807, 2.05) is 55.4 Å². The van der Waals surface area contributed by atoms with Crippen molar-refractivity contribution < 1.29 is 28.0 Å². The van der Waals surface area contributed by atoms with Crippen LogP contribution in [0.1, 0.15) is 77.2 Å². The van der Waals surface area contributed by atoms with E-state index in [4.69, 9.17) is 14.0 Å². The Hall–Kier alpha value is -2.13. The Bertz CT molecular complexity index is 935. The first-order valence-electron chi connectivity index (χ1n) is 11.9. The first kappa shape index (κ1) is 26.5. The second-order valence-corrected chi connectivity index (χ2v) is 11.4. The summed E-state index contributed by atoms with van der Waals surface area (Å²) >= 11 is 0. The number of benzene rings is 1. The zero-order valence-electron chi connectivity index (χ0n) is 22.0. The van der Waals surface area contributed by atoms with E-state index in [2.05, 4.69) is 0 Å². The maximum absolute atomic E-state index is 15.1. The highest BCUT2D eigenvalue weighted by atomic mass is 19.1. The summed E-state index contributed by atoms with van der Waals surface area (Å²) in [6.45, 7) is 16.0. The lowest BCUT2D eigenvalue weighted by molar-refractivity contribution is 0.00578. The summed E-state index contributed by atoms with van der Waals surface area (Å²) in [4.78, 5) is 28.7. The van der Waals surface area contributed by atoms with Crippen LogP contribution in [-0.4, -0.2) is 71.9 Å². The monoisotopic (exact) mass is 476 g/mol. The largest absolute Gasteiger partial charge is 0.495 e. The van der Waals surface area contributed by atoms with Gasteiger partial charge in [-0.1, -0.05) is 5.56 Å². The minimum atomic E-state index is -0.692. The molecule has 2 aliphatic rings. The molecule has 0 bridgehead atoms. The minimum absolute atomic E-state index is 0.0313. The van der Waals surface area contributed by atoms with Crippen molar-refractivity contribution in [3.8, 4) is 0 Å². The quantitative estimate of drug-likeness (QED) is 0.619.